The van der Waals surface area contributed by atoms with Gasteiger partial charge in [-0.05, 0) is 61.1 Å². The lowest BCUT2D eigenvalue weighted by molar-refractivity contribution is 0.0200. The Morgan fingerprint density at radius 2 is 1.84 bits per heavy atom. The number of phosphoric acid groups is 1. The first-order chi connectivity index (χ1) is 17.6. The van der Waals surface area contributed by atoms with Crippen molar-refractivity contribution >= 4 is 19.6 Å². The van der Waals surface area contributed by atoms with Crippen molar-refractivity contribution in [2.24, 2.45) is 5.92 Å². The number of carbonyl (C=O) groups excluding carboxylic acids is 1. The standard InChI is InChI=1S/C22H21FN6O3.H3O4P/c23-17-9-15(28-11-19(32-22(28)31)20(30)12-1-2-12)6-7-16(17)13-3-8-18(24-10-13)21-25-27-29(26-21)14-4-5-14;1-5(2,3)4/h3,6-10,12,14,19-20,30H,1-2,4-5,11H2;(H3,1,2,3,4)/t19-,20?;/m1./s1. The Morgan fingerprint density at radius 1 is 1.11 bits per heavy atom. The zero-order valence-corrected chi connectivity index (χ0v) is 20.2. The van der Waals surface area contributed by atoms with E-state index in [-0.39, 0.29) is 12.5 Å². The van der Waals surface area contributed by atoms with Crippen LogP contribution in [0.5, 0.6) is 0 Å². The number of nitrogens with zero attached hydrogens (tertiary/aromatic N) is 6. The van der Waals surface area contributed by atoms with E-state index in [0.717, 1.165) is 25.7 Å². The molecule has 1 aliphatic heterocycles. The summed E-state index contributed by atoms with van der Waals surface area (Å²) < 4.78 is 29.1. The molecule has 37 heavy (non-hydrogen) atoms. The van der Waals surface area contributed by atoms with Crippen molar-refractivity contribution in [2.45, 2.75) is 43.9 Å². The number of tetrazole rings is 1. The number of amides is 1. The number of rotatable bonds is 6. The Bertz CT molecular complexity index is 1330. The van der Waals surface area contributed by atoms with Gasteiger partial charge in [0.05, 0.1) is 24.4 Å². The van der Waals surface area contributed by atoms with Crippen LogP contribution in [0.25, 0.3) is 22.6 Å². The Labute approximate surface area is 209 Å². The number of ether oxygens (including phenoxy) is 1. The smallest absolute Gasteiger partial charge is 0.441 e. The lowest BCUT2D eigenvalue weighted by Crippen LogP contribution is -2.32. The molecule has 1 aromatic carbocycles. The first kappa shape index (κ1) is 25.4. The Hall–Kier alpha value is -3.29. The zero-order chi connectivity index (χ0) is 26.3. The molecular weight excluding hydrogens is 510 g/mol. The van der Waals surface area contributed by atoms with Gasteiger partial charge >= 0.3 is 13.9 Å². The molecular formula is C22H24FN6O7P. The van der Waals surface area contributed by atoms with Gasteiger partial charge in [0, 0.05) is 17.3 Å². The van der Waals surface area contributed by atoms with Crippen molar-refractivity contribution in [3.8, 4) is 22.6 Å². The normalized spacial score (nSPS) is 20.3. The average molecular weight is 534 g/mol. The van der Waals surface area contributed by atoms with E-state index in [1.165, 1.54) is 11.0 Å². The van der Waals surface area contributed by atoms with Crippen LogP contribution >= 0.6 is 7.82 Å². The highest BCUT2D eigenvalue weighted by atomic mass is 31.2. The van der Waals surface area contributed by atoms with E-state index in [1.54, 1.807) is 35.3 Å². The predicted octanol–water partition coefficient (Wildman–Crippen LogP) is 2.04. The number of carbonyl (C=O) groups is 1. The second-order valence-electron chi connectivity index (χ2n) is 9.13. The molecule has 196 valence electrons. The molecule has 6 rings (SSSR count). The lowest BCUT2D eigenvalue weighted by Gasteiger charge is -2.16. The van der Waals surface area contributed by atoms with Gasteiger partial charge in [0.2, 0.25) is 5.82 Å². The Balaban J connectivity index is 0.000000514. The van der Waals surface area contributed by atoms with Crippen molar-refractivity contribution in [3.05, 3.63) is 42.3 Å². The van der Waals surface area contributed by atoms with E-state index in [4.69, 9.17) is 24.0 Å². The van der Waals surface area contributed by atoms with Crippen LogP contribution < -0.4 is 4.90 Å². The largest absolute Gasteiger partial charge is 0.466 e. The molecule has 3 heterocycles. The van der Waals surface area contributed by atoms with Crippen molar-refractivity contribution in [1.82, 2.24) is 25.2 Å². The van der Waals surface area contributed by atoms with Gasteiger partial charge in [0.15, 0.2) is 0 Å². The summed E-state index contributed by atoms with van der Waals surface area (Å²) in [6.45, 7) is 0.208. The molecule has 0 spiro atoms. The molecule has 4 N–H and O–H groups in total. The SMILES string of the molecule is O=C1O[C@@H](C(O)C2CC2)CN1c1ccc(-c2ccc(-c3nnn(C4CC4)n3)nc2)c(F)c1.O=P(O)(O)O. The van der Waals surface area contributed by atoms with Crippen LogP contribution in [0.3, 0.4) is 0 Å². The number of aliphatic hydroxyl groups excluding tert-OH is 1. The molecule has 0 bridgehead atoms. The molecule has 2 saturated carbocycles. The van der Waals surface area contributed by atoms with Gasteiger partial charge in [-0.25, -0.2) is 13.8 Å². The fourth-order valence-electron chi connectivity index (χ4n) is 3.99. The summed E-state index contributed by atoms with van der Waals surface area (Å²) in [5, 5.41) is 22.7. The number of hydrogen-bond donors (Lipinski definition) is 4. The monoisotopic (exact) mass is 534 g/mol. The quantitative estimate of drug-likeness (QED) is 0.339. The molecule has 13 nitrogen and oxygen atoms in total. The first-order valence-corrected chi connectivity index (χ1v) is 13.1. The number of anilines is 1. The average Bonchev–Trinajstić information content (AvgIpc) is 3.78. The van der Waals surface area contributed by atoms with Crippen LogP contribution in [0, 0.1) is 11.7 Å². The summed E-state index contributed by atoms with van der Waals surface area (Å²) in [5.74, 6) is 0.152. The minimum Gasteiger partial charge on any atom is -0.441 e. The number of aromatic nitrogens is 5. The van der Waals surface area contributed by atoms with Gasteiger partial charge in [-0.1, -0.05) is 6.07 Å². The maximum Gasteiger partial charge on any atom is 0.466 e. The Kier molecular flexibility index (Phi) is 6.77. The van der Waals surface area contributed by atoms with Crippen LogP contribution in [0.1, 0.15) is 31.7 Å². The first-order valence-electron chi connectivity index (χ1n) is 11.6. The van der Waals surface area contributed by atoms with Crippen molar-refractivity contribution in [1.29, 1.82) is 0 Å². The second-order valence-corrected chi connectivity index (χ2v) is 10.2. The summed E-state index contributed by atoms with van der Waals surface area (Å²) >= 11 is 0. The minimum atomic E-state index is -4.64. The van der Waals surface area contributed by atoms with Crippen LogP contribution in [-0.4, -0.2) is 69.8 Å². The van der Waals surface area contributed by atoms with Crippen LogP contribution in [-0.2, 0) is 9.30 Å². The van der Waals surface area contributed by atoms with E-state index in [0.29, 0.717) is 34.4 Å². The molecule has 3 fully saturated rings. The van der Waals surface area contributed by atoms with Crippen molar-refractivity contribution in [2.75, 3.05) is 11.4 Å². The van der Waals surface area contributed by atoms with Crippen molar-refractivity contribution in [3.63, 3.8) is 0 Å². The number of pyridine rings is 1. The van der Waals surface area contributed by atoms with E-state index in [9.17, 15) is 14.3 Å². The van der Waals surface area contributed by atoms with Crippen molar-refractivity contribution < 1.29 is 38.3 Å². The molecule has 2 atom stereocenters. The number of aliphatic hydroxyl groups is 1. The fraction of sp³-hybridized carbons (Fsp3) is 0.409. The van der Waals surface area contributed by atoms with Crippen LogP contribution in [0.15, 0.2) is 36.5 Å². The number of benzene rings is 1. The molecule has 1 saturated heterocycles. The Morgan fingerprint density at radius 3 is 2.43 bits per heavy atom. The summed E-state index contributed by atoms with van der Waals surface area (Å²) in [5.41, 5.74) is 1.92. The maximum atomic E-state index is 14.9. The van der Waals surface area contributed by atoms with Gasteiger partial charge in [0.25, 0.3) is 0 Å². The predicted molar refractivity (Wildman–Crippen MR) is 125 cm³/mol. The van der Waals surface area contributed by atoms with E-state index < -0.39 is 31.9 Å². The van der Waals surface area contributed by atoms with Gasteiger partial charge < -0.3 is 24.5 Å². The summed E-state index contributed by atoms with van der Waals surface area (Å²) in [6, 6.07) is 8.41. The third kappa shape index (κ3) is 6.17. The molecule has 15 heteroatoms. The third-order valence-corrected chi connectivity index (χ3v) is 6.19. The highest BCUT2D eigenvalue weighted by Gasteiger charge is 2.43. The molecule has 3 aliphatic rings. The number of halogens is 1. The molecule has 0 radical (unpaired) electrons. The molecule has 2 aliphatic carbocycles. The number of hydrogen-bond acceptors (Lipinski definition) is 8. The van der Waals surface area contributed by atoms with Gasteiger partial charge in [-0.15, -0.1) is 10.2 Å². The van der Waals surface area contributed by atoms with E-state index in [1.807, 2.05) is 0 Å². The zero-order valence-electron chi connectivity index (χ0n) is 19.3. The molecule has 1 unspecified atom stereocenters. The summed E-state index contributed by atoms with van der Waals surface area (Å²) in [7, 11) is -4.64. The highest BCUT2D eigenvalue weighted by molar-refractivity contribution is 7.45. The van der Waals surface area contributed by atoms with Crippen LogP contribution in [0.2, 0.25) is 0 Å². The van der Waals surface area contributed by atoms with Gasteiger partial charge in [-0.2, -0.15) is 4.80 Å². The summed E-state index contributed by atoms with van der Waals surface area (Å²) in [6.07, 6.45) is 3.76. The van der Waals surface area contributed by atoms with E-state index >= 15 is 0 Å². The maximum absolute atomic E-state index is 14.9. The van der Waals surface area contributed by atoms with Gasteiger partial charge in [0.1, 0.15) is 17.6 Å². The highest BCUT2D eigenvalue weighted by Crippen LogP contribution is 2.37. The van der Waals surface area contributed by atoms with Crippen LogP contribution in [0.4, 0.5) is 14.9 Å². The van der Waals surface area contributed by atoms with E-state index in [2.05, 4.69) is 20.4 Å². The molecule has 1 amide bonds. The third-order valence-electron chi connectivity index (χ3n) is 6.19. The fourth-order valence-corrected chi connectivity index (χ4v) is 3.99. The van der Waals surface area contributed by atoms with Gasteiger partial charge in [-0.3, -0.25) is 9.88 Å². The summed E-state index contributed by atoms with van der Waals surface area (Å²) in [4.78, 5) is 41.2. The molecule has 3 aromatic rings. The topological polar surface area (TPSA) is 184 Å². The molecule has 2 aromatic heterocycles. The lowest BCUT2D eigenvalue weighted by atomic mass is 10.1. The second kappa shape index (κ2) is 9.88. The minimum absolute atomic E-state index is 0.191. The number of cyclic esters (lactones) is 1.